The highest BCUT2D eigenvalue weighted by Crippen LogP contribution is 2.13. The van der Waals surface area contributed by atoms with E-state index in [4.69, 9.17) is 0 Å². The van der Waals surface area contributed by atoms with E-state index >= 15 is 0 Å². The molecule has 23 heavy (non-hydrogen) atoms. The van der Waals surface area contributed by atoms with Crippen LogP contribution in [-0.4, -0.2) is 33.2 Å². The van der Waals surface area contributed by atoms with Gasteiger partial charge in [0.05, 0.1) is 17.5 Å². The molecule has 0 aliphatic heterocycles. The predicted molar refractivity (Wildman–Crippen MR) is 85.1 cm³/mol. The lowest BCUT2D eigenvalue weighted by Gasteiger charge is -2.20. The Morgan fingerprint density at radius 2 is 1.96 bits per heavy atom. The number of hydrogen-bond donors (Lipinski definition) is 3. The van der Waals surface area contributed by atoms with Crippen LogP contribution in [0.2, 0.25) is 0 Å². The number of carbonyl (C=O) groups excluding carboxylic acids is 1. The smallest absolute Gasteiger partial charge is 0.326 e. The molecule has 1 unspecified atom stereocenters. The molecule has 0 aliphatic carbocycles. The van der Waals surface area contributed by atoms with E-state index in [1.165, 1.54) is 0 Å². The zero-order chi connectivity index (χ0) is 17.0. The number of nitrogens with zero attached hydrogens (tertiary/aromatic N) is 1. The number of amides is 1. The number of carboxylic acids is 1. The topological polar surface area (TPSA) is 112 Å². The maximum absolute atomic E-state index is 12.2. The highest BCUT2D eigenvalue weighted by atomic mass is 16.4. The van der Waals surface area contributed by atoms with Gasteiger partial charge in [-0.2, -0.15) is 5.10 Å². The zero-order valence-electron chi connectivity index (χ0n) is 13.0. The van der Waals surface area contributed by atoms with Crippen LogP contribution in [0.5, 0.6) is 0 Å². The minimum Gasteiger partial charge on any atom is -0.480 e. The fourth-order valence-corrected chi connectivity index (χ4v) is 2.37. The number of rotatable bonds is 6. The van der Waals surface area contributed by atoms with Gasteiger partial charge in [0.15, 0.2) is 0 Å². The summed E-state index contributed by atoms with van der Waals surface area (Å²) in [6, 6.07) is 5.90. The molecule has 0 saturated heterocycles. The van der Waals surface area contributed by atoms with Gasteiger partial charge in [-0.05, 0) is 12.0 Å². The van der Waals surface area contributed by atoms with E-state index in [0.717, 1.165) is 0 Å². The Morgan fingerprint density at radius 3 is 2.57 bits per heavy atom. The molecule has 0 bridgehead atoms. The van der Waals surface area contributed by atoms with E-state index in [1.54, 1.807) is 31.2 Å². The molecule has 2 atom stereocenters. The fraction of sp³-hybridized carbons (Fsp3) is 0.375. The molecule has 0 spiro atoms. The first-order valence-electron chi connectivity index (χ1n) is 7.42. The van der Waals surface area contributed by atoms with Crippen molar-refractivity contribution < 1.29 is 14.7 Å². The van der Waals surface area contributed by atoms with Gasteiger partial charge in [-0.1, -0.05) is 38.5 Å². The number of aromatic nitrogens is 2. The molecular weight excluding hydrogens is 298 g/mol. The van der Waals surface area contributed by atoms with Crippen molar-refractivity contribution in [2.24, 2.45) is 5.92 Å². The standard InChI is InChI=1S/C16H19N3O4/c1-3-9(2)14(16(22)23)17-13(20)8-12-10-6-4-5-7-11(10)15(21)19-18-12/h4-7,9,14H,3,8H2,1-2H3,(H,17,20)(H,19,21)(H,22,23)/t9?,14-/m0/s1. The largest absolute Gasteiger partial charge is 0.480 e. The molecule has 2 aromatic rings. The summed E-state index contributed by atoms with van der Waals surface area (Å²) in [7, 11) is 0. The molecule has 2 rings (SSSR count). The molecule has 0 fully saturated rings. The van der Waals surface area contributed by atoms with Crippen LogP contribution in [0.4, 0.5) is 0 Å². The van der Waals surface area contributed by atoms with Crippen LogP contribution in [0.25, 0.3) is 10.8 Å². The summed E-state index contributed by atoms with van der Waals surface area (Å²) in [5.74, 6) is -1.69. The summed E-state index contributed by atoms with van der Waals surface area (Å²) < 4.78 is 0. The first-order valence-corrected chi connectivity index (χ1v) is 7.42. The Hall–Kier alpha value is -2.70. The molecule has 1 aromatic heterocycles. The Morgan fingerprint density at radius 1 is 1.30 bits per heavy atom. The molecule has 0 saturated carbocycles. The van der Waals surface area contributed by atoms with Gasteiger partial charge < -0.3 is 10.4 Å². The number of carboxylic acid groups (broad SMARTS) is 1. The minimum absolute atomic E-state index is 0.0997. The lowest BCUT2D eigenvalue weighted by atomic mass is 9.99. The first kappa shape index (κ1) is 16.7. The first-order chi connectivity index (χ1) is 10.9. The summed E-state index contributed by atoms with van der Waals surface area (Å²) in [5.41, 5.74) is 0.0822. The monoisotopic (exact) mass is 317 g/mol. The van der Waals surface area contributed by atoms with Crippen LogP contribution >= 0.6 is 0 Å². The van der Waals surface area contributed by atoms with Crippen molar-refractivity contribution in [3.8, 4) is 0 Å². The summed E-state index contributed by atoms with van der Waals surface area (Å²) in [6.07, 6.45) is 0.536. The number of aliphatic carboxylic acids is 1. The Labute approximate surface area is 132 Å². The average Bonchev–Trinajstić information content (AvgIpc) is 2.54. The summed E-state index contributed by atoms with van der Waals surface area (Å²) >= 11 is 0. The van der Waals surface area contributed by atoms with E-state index < -0.39 is 17.9 Å². The molecule has 3 N–H and O–H groups in total. The number of carbonyl (C=O) groups is 2. The van der Waals surface area contributed by atoms with Gasteiger partial charge in [0.1, 0.15) is 6.04 Å². The van der Waals surface area contributed by atoms with E-state index in [-0.39, 0.29) is 17.9 Å². The van der Waals surface area contributed by atoms with E-state index in [0.29, 0.717) is 22.9 Å². The van der Waals surface area contributed by atoms with Crippen molar-refractivity contribution in [2.45, 2.75) is 32.7 Å². The maximum atomic E-state index is 12.2. The second-order valence-corrected chi connectivity index (χ2v) is 5.49. The summed E-state index contributed by atoms with van der Waals surface area (Å²) in [6.45, 7) is 3.64. The van der Waals surface area contributed by atoms with Crippen molar-refractivity contribution in [3.63, 3.8) is 0 Å². The second kappa shape index (κ2) is 7.04. The third-order valence-corrected chi connectivity index (χ3v) is 3.90. The lowest BCUT2D eigenvalue weighted by Crippen LogP contribution is -2.45. The molecular formula is C16H19N3O4. The average molecular weight is 317 g/mol. The van der Waals surface area contributed by atoms with Gasteiger partial charge in [-0.25, -0.2) is 9.89 Å². The van der Waals surface area contributed by atoms with Gasteiger partial charge in [-0.3, -0.25) is 9.59 Å². The van der Waals surface area contributed by atoms with Crippen LogP contribution in [-0.2, 0) is 16.0 Å². The Bertz CT molecular complexity index is 784. The van der Waals surface area contributed by atoms with Crippen molar-refractivity contribution >= 4 is 22.6 Å². The third kappa shape index (κ3) is 3.74. The number of aromatic amines is 1. The van der Waals surface area contributed by atoms with Crippen LogP contribution in [0.1, 0.15) is 26.0 Å². The third-order valence-electron chi connectivity index (χ3n) is 3.90. The number of H-pyrrole nitrogens is 1. The van der Waals surface area contributed by atoms with Gasteiger partial charge in [-0.15, -0.1) is 0 Å². The molecule has 7 heteroatoms. The zero-order valence-corrected chi connectivity index (χ0v) is 13.0. The summed E-state index contributed by atoms with van der Waals surface area (Å²) in [5, 5.41) is 19.1. The van der Waals surface area contributed by atoms with E-state index in [2.05, 4.69) is 15.5 Å². The Balaban J connectivity index is 2.22. The minimum atomic E-state index is -1.06. The molecule has 1 aromatic carbocycles. The van der Waals surface area contributed by atoms with Gasteiger partial charge in [0, 0.05) is 5.39 Å². The van der Waals surface area contributed by atoms with Crippen molar-refractivity contribution in [2.75, 3.05) is 0 Å². The van der Waals surface area contributed by atoms with E-state index in [1.807, 2.05) is 6.92 Å². The molecule has 1 heterocycles. The summed E-state index contributed by atoms with van der Waals surface area (Å²) in [4.78, 5) is 35.2. The van der Waals surface area contributed by atoms with Crippen molar-refractivity contribution in [3.05, 3.63) is 40.3 Å². The SMILES string of the molecule is CCC(C)[C@H](NC(=O)Cc1n[nH]c(=O)c2ccccc12)C(=O)O. The molecule has 122 valence electrons. The molecule has 0 aliphatic rings. The normalized spacial score (nSPS) is 13.5. The van der Waals surface area contributed by atoms with Crippen LogP contribution < -0.4 is 10.9 Å². The van der Waals surface area contributed by atoms with Crippen LogP contribution in [0.3, 0.4) is 0 Å². The van der Waals surface area contributed by atoms with Crippen molar-refractivity contribution in [1.82, 2.24) is 15.5 Å². The number of nitrogens with one attached hydrogen (secondary N) is 2. The number of fused-ring (bicyclic) bond motifs is 1. The predicted octanol–water partition coefficient (Wildman–Crippen LogP) is 1.08. The van der Waals surface area contributed by atoms with Gasteiger partial charge >= 0.3 is 5.97 Å². The van der Waals surface area contributed by atoms with Crippen LogP contribution in [0, 0.1) is 5.92 Å². The molecule has 1 amide bonds. The van der Waals surface area contributed by atoms with Crippen LogP contribution in [0.15, 0.2) is 29.1 Å². The lowest BCUT2D eigenvalue weighted by molar-refractivity contribution is -0.143. The molecule has 7 nitrogen and oxygen atoms in total. The highest BCUT2D eigenvalue weighted by Gasteiger charge is 2.25. The molecule has 0 radical (unpaired) electrons. The quantitative estimate of drug-likeness (QED) is 0.738. The second-order valence-electron chi connectivity index (χ2n) is 5.49. The van der Waals surface area contributed by atoms with Gasteiger partial charge in [0.25, 0.3) is 5.56 Å². The van der Waals surface area contributed by atoms with Crippen molar-refractivity contribution in [1.29, 1.82) is 0 Å². The number of benzene rings is 1. The Kier molecular flexibility index (Phi) is 5.10. The van der Waals surface area contributed by atoms with E-state index in [9.17, 15) is 19.5 Å². The number of hydrogen-bond acceptors (Lipinski definition) is 4. The van der Waals surface area contributed by atoms with Gasteiger partial charge in [0.2, 0.25) is 5.91 Å². The maximum Gasteiger partial charge on any atom is 0.326 e. The fourth-order valence-electron chi connectivity index (χ4n) is 2.37. The highest BCUT2D eigenvalue weighted by molar-refractivity contribution is 5.90.